The summed E-state index contributed by atoms with van der Waals surface area (Å²) in [7, 11) is -6.92. The quantitative estimate of drug-likeness (QED) is 0.116. The molecule has 0 aliphatic rings. The number of carbonyl (C=O) groups is 1. The summed E-state index contributed by atoms with van der Waals surface area (Å²) >= 11 is 0. The van der Waals surface area contributed by atoms with E-state index in [0.717, 1.165) is 15.9 Å². The number of rotatable bonds is 10. The summed E-state index contributed by atoms with van der Waals surface area (Å²) in [6.07, 6.45) is -1.08. The minimum Gasteiger partial charge on any atom is -0.454 e. The van der Waals surface area contributed by atoms with Gasteiger partial charge in [0.2, 0.25) is 0 Å². The molecule has 0 fully saturated rings. The van der Waals surface area contributed by atoms with Crippen LogP contribution in [-0.4, -0.2) is 32.6 Å². The molecule has 0 amide bonds. The number of hydrogen-bond donors (Lipinski definition) is 0. The Morgan fingerprint density at radius 3 is 1.89 bits per heavy atom. The molecule has 0 saturated heterocycles. The van der Waals surface area contributed by atoms with E-state index in [2.05, 4.69) is 10.8 Å². The van der Waals surface area contributed by atoms with Crippen molar-refractivity contribution >= 4 is 39.9 Å². The zero-order valence-electron chi connectivity index (χ0n) is 20.2. The topological polar surface area (TPSA) is 69.7 Å². The highest BCUT2D eigenvalue weighted by Gasteiger charge is 2.47. The van der Waals surface area contributed by atoms with E-state index in [1.54, 1.807) is 19.1 Å². The number of benzene rings is 3. The fourth-order valence-electron chi connectivity index (χ4n) is 3.65. The van der Waals surface area contributed by atoms with Crippen molar-refractivity contribution < 1.29 is 35.3 Å². The van der Waals surface area contributed by atoms with Gasteiger partial charge in [0.05, 0.1) is 12.2 Å². The molecule has 0 aliphatic carbocycles. The van der Waals surface area contributed by atoms with E-state index >= 15 is 0 Å². The van der Waals surface area contributed by atoms with Gasteiger partial charge in [0.15, 0.2) is 0 Å². The minimum absolute atomic E-state index is 0.295. The molecule has 3 aromatic carbocycles. The van der Waals surface area contributed by atoms with Crippen LogP contribution in [0, 0.1) is 5.92 Å². The van der Waals surface area contributed by atoms with Gasteiger partial charge < -0.3 is 4.74 Å². The number of alkyl halides is 3. The van der Waals surface area contributed by atoms with Gasteiger partial charge >= 0.3 is 21.6 Å². The average molecular weight is 551 g/mol. The summed E-state index contributed by atoms with van der Waals surface area (Å²) < 4.78 is 70.5. The zero-order valence-corrected chi connectivity index (χ0v) is 21.9. The van der Waals surface area contributed by atoms with Crippen molar-refractivity contribution in [2.45, 2.75) is 25.5 Å². The van der Waals surface area contributed by atoms with E-state index in [-0.39, 0.29) is 0 Å². The number of ether oxygens (including phenoxy) is 1. The molecular formula is C27H26F3O5PS. The Bertz CT molecular complexity index is 1290. The van der Waals surface area contributed by atoms with E-state index in [9.17, 15) is 26.4 Å². The van der Waals surface area contributed by atoms with Gasteiger partial charge in [-0.2, -0.15) is 21.6 Å². The molecule has 0 spiro atoms. The van der Waals surface area contributed by atoms with Crippen LogP contribution in [0.1, 0.15) is 24.2 Å². The molecule has 5 nitrogen and oxygen atoms in total. The second kappa shape index (κ2) is 12.0. The van der Waals surface area contributed by atoms with Crippen LogP contribution in [0.2, 0.25) is 0 Å². The van der Waals surface area contributed by atoms with E-state index in [1.165, 1.54) is 6.92 Å². The summed E-state index contributed by atoms with van der Waals surface area (Å²) in [5.74, 6) is -1.62. The molecule has 0 N–H and O–H groups in total. The van der Waals surface area contributed by atoms with Crippen molar-refractivity contribution in [1.82, 2.24) is 0 Å². The van der Waals surface area contributed by atoms with Gasteiger partial charge in [0.25, 0.3) is 0 Å². The molecule has 196 valence electrons. The fraction of sp³-hybridized carbons (Fsp3) is 0.222. The Kier molecular flexibility index (Phi) is 9.29. The number of halogens is 3. The third kappa shape index (κ3) is 7.06. The fourth-order valence-corrected chi connectivity index (χ4v) is 6.62. The van der Waals surface area contributed by atoms with E-state index < -0.39 is 48.1 Å². The molecule has 3 rings (SSSR count). The summed E-state index contributed by atoms with van der Waals surface area (Å²) in [5, 5.41) is 2.77. The number of esters is 1. The normalized spacial score (nSPS) is 13.7. The van der Waals surface area contributed by atoms with E-state index in [1.807, 2.05) is 72.8 Å². The Balaban J connectivity index is 1.92. The Hall–Kier alpha value is -3.00. The highest BCUT2D eigenvalue weighted by Crippen LogP contribution is 2.34. The van der Waals surface area contributed by atoms with Crippen LogP contribution >= 0.6 is 7.92 Å². The molecule has 37 heavy (non-hydrogen) atoms. The number of hydrogen-bond acceptors (Lipinski definition) is 5. The lowest BCUT2D eigenvalue weighted by atomic mass is 10.00. The maximum absolute atomic E-state index is 13.4. The van der Waals surface area contributed by atoms with Gasteiger partial charge in [-0.25, -0.2) is 4.79 Å². The van der Waals surface area contributed by atoms with E-state index in [4.69, 9.17) is 4.74 Å². The van der Waals surface area contributed by atoms with Crippen LogP contribution in [0.3, 0.4) is 0 Å². The van der Waals surface area contributed by atoms with Gasteiger partial charge in [-0.05, 0) is 42.4 Å². The lowest BCUT2D eigenvalue weighted by molar-refractivity contribution is -0.0561. The lowest BCUT2D eigenvalue weighted by Gasteiger charge is -2.26. The van der Waals surface area contributed by atoms with Crippen LogP contribution in [0.15, 0.2) is 97.1 Å². The Morgan fingerprint density at radius 2 is 1.41 bits per heavy atom. The molecule has 10 heteroatoms. The van der Waals surface area contributed by atoms with Gasteiger partial charge in [-0.1, -0.05) is 92.4 Å². The smallest absolute Gasteiger partial charge is 0.454 e. The summed E-state index contributed by atoms with van der Waals surface area (Å²) in [5.41, 5.74) is -4.92. The van der Waals surface area contributed by atoms with Gasteiger partial charge in [-0.3, -0.25) is 4.18 Å². The molecule has 3 aromatic rings. The molecule has 0 heterocycles. The van der Waals surface area contributed by atoms with Crippen LogP contribution < -0.4 is 15.9 Å². The zero-order chi connectivity index (χ0) is 27.2. The van der Waals surface area contributed by atoms with Crippen LogP contribution in [0.25, 0.3) is 0 Å². The van der Waals surface area contributed by atoms with Crippen molar-refractivity contribution in [3.63, 3.8) is 0 Å². The van der Waals surface area contributed by atoms with Crippen LogP contribution in [0.4, 0.5) is 13.2 Å². The van der Waals surface area contributed by atoms with Crippen LogP contribution in [-0.2, 0) is 19.0 Å². The Morgan fingerprint density at radius 1 is 0.919 bits per heavy atom. The van der Waals surface area contributed by atoms with E-state index in [0.29, 0.717) is 11.1 Å². The predicted molar refractivity (Wildman–Crippen MR) is 139 cm³/mol. The molecule has 0 bridgehead atoms. The highest BCUT2D eigenvalue weighted by atomic mass is 32.2. The van der Waals surface area contributed by atoms with Gasteiger partial charge in [-0.15, -0.1) is 0 Å². The third-order valence-electron chi connectivity index (χ3n) is 5.40. The first-order valence-electron chi connectivity index (χ1n) is 11.2. The van der Waals surface area contributed by atoms with Crippen molar-refractivity contribution in [3.8, 4) is 0 Å². The van der Waals surface area contributed by atoms with Crippen molar-refractivity contribution in [2.75, 3.05) is 6.61 Å². The first-order valence-corrected chi connectivity index (χ1v) is 14.0. The molecule has 2 unspecified atom stereocenters. The minimum atomic E-state index is -5.78. The maximum Gasteiger partial charge on any atom is 0.523 e. The summed E-state index contributed by atoms with van der Waals surface area (Å²) in [4.78, 5) is 13.4. The molecular weight excluding hydrogens is 524 g/mol. The molecule has 0 aliphatic heterocycles. The lowest BCUT2D eigenvalue weighted by Crippen LogP contribution is -2.34. The van der Waals surface area contributed by atoms with Gasteiger partial charge in [0, 0.05) is 5.92 Å². The van der Waals surface area contributed by atoms with Crippen molar-refractivity contribution in [1.29, 1.82) is 0 Å². The highest BCUT2D eigenvalue weighted by molar-refractivity contribution is 7.87. The SMILES string of the molecule is C=C(C)C(OC(=O)c1ccccc1P(c1ccccc1)c1ccccc1)C(C)COS(=O)(=O)C(F)(F)F. The summed E-state index contributed by atoms with van der Waals surface area (Å²) in [6.45, 7) is 5.89. The van der Waals surface area contributed by atoms with Crippen molar-refractivity contribution in [3.05, 3.63) is 103 Å². The second-order valence-electron chi connectivity index (χ2n) is 8.36. The Labute approximate surface area is 215 Å². The largest absolute Gasteiger partial charge is 0.523 e. The average Bonchev–Trinajstić information content (AvgIpc) is 2.86. The molecule has 0 aromatic heterocycles. The first kappa shape index (κ1) is 28.6. The molecule has 0 saturated carbocycles. The standard InChI is InChI=1S/C27H26F3O5PS/c1-19(2)25(20(3)18-34-37(32,33)27(28,29)30)35-26(31)23-16-10-11-17-24(23)36(21-12-6-4-7-13-21)22-14-8-5-9-15-22/h4-17,20,25H,1,18H2,2-3H3. The third-order valence-corrected chi connectivity index (χ3v) is 8.91. The molecule has 0 radical (unpaired) electrons. The first-order chi connectivity index (χ1) is 17.4. The van der Waals surface area contributed by atoms with Gasteiger partial charge in [0.1, 0.15) is 6.10 Å². The monoisotopic (exact) mass is 550 g/mol. The van der Waals surface area contributed by atoms with Crippen molar-refractivity contribution in [2.24, 2.45) is 5.92 Å². The second-order valence-corrected chi connectivity index (χ2v) is 12.1. The van der Waals surface area contributed by atoms with Crippen LogP contribution in [0.5, 0.6) is 0 Å². The molecule has 2 atom stereocenters. The summed E-state index contributed by atoms with van der Waals surface area (Å²) in [6, 6.07) is 26.4. The predicted octanol–water partition coefficient (Wildman–Crippen LogP) is 5.05. The maximum atomic E-state index is 13.4. The number of carbonyl (C=O) groups excluding carboxylic acids is 1.